The van der Waals surface area contributed by atoms with Crippen LogP contribution in [0.25, 0.3) is 16.6 Å². The van der Waals surface area contributed by atoms with Crippen LogP contribution in [0.1, 0.15) is 27.1 Å². The molecule has 7 rings (SSSR count). The molecule has 0 spiro atoms. The minimum Gasteiger partial charge on any atom is -0.493 e. The maximum absolute atomic E-state index is 16.2. The first-order chi connectivity index (χ1) is 22.3. The molecule has 4 heterocycles. The number of anilines is 1. The number of hydrogen-bond acceptors (Lipinski definition) is 8. The molecule has 12 heteroatoms. The number of carbonyl (C=O) groups excluding carboxylic acids is 2. The third-order valence-electron chi connectivity index (χ3n) is 9.02. The van der Waals surface area contributed by atoms with Crippen molar-refractivity contribution in [3.8, 4) is 28.7 Å². The Kier molecular flexibility index (Phi) is 7.52. The second kappa shape index (κ2) is 11.7. The number of likely N-dealkylation sites (N-methyl/N-ethyl adjacent to an activating group) is 1. The average Bonchev–Trinajstić information content (AvgIpc) is 3.52. The highest BCUT2D eigenvalue weighted by molar-refractivity contribution is 6.01. The fraction of sp³-hybridized carbons (Fsp3) is 0.324. The minimum absolute atomic E-state index is 0.0104. The average molecular weight is 628 g/mol. The van der Waals surface area contributed by atoms with E-state index in [-0.39, 0.29) is 40.2 Å². The lowest BCUT2D eigenvalue weighted by Crippen LogP contribution is -2.48. The summed E-state index contributed by atoms with van der Waals surface area (Å²) in [6.07, 6.45) is 2.11. The molecule has 1 N–H and O–H groups in total. The summed E-state index contributed by atoms with van der Waals surface area (Å²) in [4.78, 5) is 46.4. The molecule has 3 aromatic carbocycles. The normalized spacial score (nSPS) is 17.4. The zero-order chi connectivity index (χ0) is 32.1. The van der Waals surface area contributed by atoms with Crippen molar-refractivity contribution in [2.45, 2.75) is 12.5 Å². The van der Waals surface area contributed by atoms with Gasteiger partial charge in [0.25, 0.3) is 11.8 Å². The predicted molar refractivity (Wildman–Crippen MR) is 171 cm³/mol. The van der Waals surface area contributed by atoms with Gasteiger partial charge in [-0.05, 0) is 43.8 Å². The van der Waals surface area contributed by atoms with E-state index in [1.807, 2.05) is 30.1 Å². The van der Waals surface area contributed by atoms with Crippen molar-refractivity contribution in [2.24, 2.45) is 0 Å². The molecule has 4 aromatic rings. The zero-order valence-corrected chi connectivity index (χ0v) is 25.8. The van der Waals surface area contributed by atoms with Crippen LogP contribution < -0.4 is 29.9 Å². The number of halogens is 1. The molecule has 11 nitrogen and oxygen atoms in total. The van der Waals surface area contributed by atoms with E-state index in [1.165, 1.54) is 20.3 Å². The van der Waals surface area contributed by atoms with E-state index in [2.05, 4.69) is 10.2 Å². The largest absolute Gasteiger partial charge is 0.493 e. The summed E-state index contributed by atoms with van der Waals surface area (Å²) < 4.78 is 35.1. The van der Waals surface area contributed by atoms with Gasteiger partial charge in [0, 0.05) is 51.5 Å². The van der Waals surface area contributed by atoms with Gasteiger partial charge < -0.3 is 38.8 Å². The van der Waals surface area contributed by atoms with Gasteiger partial charge in [-0.25, -0.2) is 4.39 Å². The molecule has 0 aliphatic carbocycles. The molecule has 3 aliphatic heterocycles. The van der Waals surface area contributed by atoms with Crippen molar-refractivity contribution in [1.82, 2.24) is 19.7 Å². The van der Waals surface area contributed by atoms with E-state index < -0.39 is 11.2 Å². The summed E-state index contributed by atoms with van der Waals surface area (Å²) in [6.45, 7) is 3.16. The van der Waals surface area contributed by atoms with Crippen LogP contribution in [0.15, 0.2) is 59.5 Å². The number of ether oxygens (including phenoxy) is 3. The fourth-order valence-electron chi connectivity index (χ4n) is 6.59. The van der Waals surface area contributed by atoms with Crippen molar-refractivity contribution in [1.29, 1.82) is 0 Å². The number of methoxy groups -OCH3 is 2. The van der Waals surface area contributed by atoms with Crippen molar-refractivity contribution >= 4 is 28.4 Å². The smallest absolute Gasteiger partial charge is 0.259 e. The first kappa shape index (κ1) is 29.6. The maximum Gasteiger partial charge on any atom is 0.259 e. The molecule has 2 fully saturated rings. The second-order valence-corrected chi connectivity index (χ2v) is 11.8. The summed E-state index contributed by atoms with van der Waals surface area (Å²) >= 11 is 0. The predicted octanol–water partition coefficient (Wildman–Crippen LogP) is 3.65. The Bertz CT molecular complexity index is 1940. The number of nitrogens with zero attached hydrogens (tertiary/aromatic N) is 4. The number of aromatic nitrogens is 1. The van der Waals surface area contributed by atoms with Crippen LogP contribution in [0.4, 0.5) is 10.1 Å². The zero-order valence-electron chi connectivity index (χ0n) is 25.8. The number of hydrogen-bond donors (Lipinski definition) is 1. The van der Waals surface area contributed by atoms with Gasteiger partial charge in [0.15, 0.2) is 28.8 Å². The van der Waals surface area contributed by atoms with Crippen molar-refractivity contribution < 1.29 is 28.2 Å². The van der Waals surface area contributed by atoms with E-state index in [0.717, 1.165) is 0 Å². The first-order valence-corrected chi connectivity index (χ1v) is 15.2. The van der Waals surface area contributed by atoms with Gasteiger partial charge in [-0.15, -0.1) is 0 Å². The third kappa shape index (κ3) is 4.89. The van der Waals surface area contributed by atoms with Gasteiger partial charge in [0.1, 0.15) is 16.8 Å². The summed E-state index contributed by atoms with van der Waals surface area (Å²) in [6, 6.07) is 13.3. The number of benzene rings is 3. The molecule has 238 valence electrons. The number of rotatable bonds is 6. The molecule has 1 aromatic heterocycles. The summed E-state index contributed by atoms with van der Waals surface area (Å²) in [5.74, 6) is 0.0975. The number of para-hydroxylation sites is 3. The monoisotopic (exact) mass is 627 g/mol. The minimum atomic E-state index is -0.642. The van der Waals surface area contributed by atoms with Gasteiger partial charge in [0.2, 0.25) is 5.43 Å². The van der Waals surface area contributed by atoms with Crippen LogP contribution in [-0.4, -0.2) is 92.8 Å². The van der Waals surface area contributed by atoms with Crippen LogP contribution in [0.2, 0.25) is 0 Å². The first-order valence-electron chi connectivity index (χ1n) is 15.2. The molecule has 1 atom stereocenters. The Hall–Kier alpha value is -5.10. The van der Waals surface area contributed by atoms with Crippen LogP contribution in [0.3, 0.4) is 0 Å². The third-order valence-corrected chi connectivity index (χ3v) is 9.02. The highest BCUT2D eigenvalue weighted by Gasteiger charge is 2.35. The lowest BCUT2D eigenvalue weighted by atomic mass is 10.0. The molecule has 46 heavy (non-hydrogen) atoms. The Morgan fingerprint density at radius 2 is 1.76 bits per heavy atom. The van der Waals surface area contributed by atoms with Crippen molar-refractivity contribution in [3.05, 3.63) is 81.9 Å². The lowest BCUT2D eigenvalue weighted by Gasteiger charge is -2.33. The number of carbonyl (C=O) groups is 2. The molecule has 3 aliphatic rings. The lowest BCUT2D eigenvalue weighted by molar-refractivity contribution is 0.0662. The molecule has 2 saturated heterocycles. The van der Waals surface area contributed by atoms with Gasteiger partial charge >= 0.3 is 0 Å². The van der Waals surface area contributed by atoms with Gasteiger partial charge in [-0.3, -0.25) is 14.4 Å². The van der Waals surface area contributed by atoms with Gasteiger partial charge in [-0.1, -0.05) is 18.2 Å². The number of fused-ring (bicyclic) bond motifs is 2. The SMILES string of the molecule is COc1cccc(C(=O)NC2CCN(c3c(F)cc4c(=O)c(C(=O)N5CCN(C)CC5)cn5c4c3Oc3ccccc3-5)C2)c1OC. The van der Waals surface area contributed by atoms with Crippen molar-refractivity contribution in [2.75, 3.05) is 65.4 Å². The summed E-state index contributed by atoms with van der Waals surface area (Å²) in [5.41, 5.74) is 1.02. The molecule has 0 saturated carbocycles. The molecule has 0 bridgehead atoms. The van der Waals surface area contributed by atoms with Crippen LogP contribution in [0, 0.1) is 5.82 Å². The molecular weight excluding hydrogens is 593 g/mol. The second-order valence-electron chi connectivity index (χ2n) is 11.8. The number of piperazine rings is 1. The van der Waals surface area contributed by atoms with E-state index in [1.54, 1.807) is 39.9 Å². The maximum atomic E-state index is 16.2. The van der Waals surface area contributed by atoms with Crippen LogP contribution in [0.5, 0.6) is 23.0 Å². The van der Waals surface area contributed by atoms with Crippen LogP contribution >= 0.6 is 0 Å². The Balaban J connectivity index is 1.25. The quantitative estimate of drug-likeness (QED) is 0.304. The number of amides is 2. The molecule has 0 radical (unpaired) electrons. The van der Waals surface area contributed by atoms with E-state index in [9.17, 15) is 14.4 Å². The highest BCUT2D eigenvalue weighted by Crippen LogP contribution is 2.47. The molecular formula is C34H34FN5O6. The Morgan fingerprint density at radius 3 is 2.52 bits per heavy atom. The summed E-state index contributed by atoms with van der Waals surface area (Å²) in [5, 5.41) is 3.11. The van der Waals surface area contributed by atoms with Crippen LogP contribution in [-0.2, 0) is 0 Å². The number of nitrogens with one attached hydrogen (secondary N) is 1. The highest BCUT2D eigenvalue weighted by atomic mass is 19.1. The Morgan fingerprint density at radius 1 is 0.978 bits per heavy atom. The van der Waals surface area contributed by atoms with Gasteiger partial charge in [0.05, 0.1) is 30.9 Å². The van der Waals surface area contributed by atoms with E-state index >= 15 is 4.39 Å². The Labute approximate surface area is 264 Å². The van der Waals surface area contributed by atoms with Gasteiger partial charge in [-0.2, -0.15) is 0 Å². The number of pyridine rings is 1. The van der Waals surface area contributed by atoms with E-state index in [4.69, 9.17) is 14.2 Å². The summed E-state index contributed by atoms with van der Waals surface area (Å²) in [7, 11) is 4.97. The van der Waals surface area contributed by atoms with E-state index in [0.29, 0.717) is 79.7 Å². The fourth-order valence-corrected chi connectivity index (χ4v) is 6.59. The molecule has 2 amide bonds. The molecule has 1 unspecified atom stereocenters. The standard InChI is InChI=1S/C34H34FN5O6/c1-37-13-15-38(16-14-37)34(43)23-19-40-25-8-4-5-9-26(25)46-32-28(40)22(30(23)41)17-24(35)29(32)39-12-11-20(18-39)36-33(42)21-7-6-10-27(44-2)31(21)45-3/h4-10,17,19-20H,11-16,18H2,1-3H3,(H,36,42). The topological polar surface area (TPSA) is 106 Å². The van der Waals surface area contributed by atoms with Crippen molar-refractivity contribution in [3.63, 3.8) is 0 Å².